The van der Waals surface area contributed by atoms with Gasteiger partial charge < -0.3 is 10.2 Å². The highest BCUT2D eigenvalue weighted by molar-refractivity contribution is 7.13. The molecule has 4 rings (SSSR count). The van der Waals surface area contributed by atoms with E-state index < -0.39 is 0 Å². The number of thiazole rings is 1. The average molecular weight is 472 g/mol. The standard InChI is InChI=1S/C20H19ClN4OS.2ClH/c21-17-6-2-1-5-16(17)18-12-23-8-9-25(18)19(26)10-15-13-27-20(24-15)14-4-3-7-22-11-14;;/h1-7,11,13,18,23H,8-10,12H2;2*1H. The molecule has 1 fully saturated rings. The van der Waals surface area contributed by atoms with Crippen LogP contribution in [0, 0.1) is 0 Å². The minimum atomic E-state index is -0.0589. The quantitative estimate of drug-likeness (QED) is 0.612. The molecule has 1 amide bonds. The summed E-state index contributed by atoms with van der Waals surface area (Å²) < 4.78 is 0. The zero-order valence-corrected chi connectivity index (χ0v) is 18.7. The predicted molar refractivity (Wildman–Crippen MR) is 122 cm³/mol. The molecule has 2 aromatic heterocycles. The van der Waals surface area contributed by atoms with Crippen molar-refractivity contribution < 1.29 is 4.79 Å². The lowest BCUT2D eigenvalue weighted by atomic mass is 10.0. The van der Waals surface area contributed by atoms with E-state index in [0.29, 0.717) is 18.1 Å². The van der Waals surface area contributed by atoms with E-state index >= 15 is 0 Å². The third kappa shape index (κ3) is 5.47. The highest BCUT2D eigenvalue weighted by Gasteiger charge is 2.29. The lowest BCUT2D eigenvalue weighted by molar-refractivity contribution is -0.133. The number of hydrogen-bond donors (Lipinski definition) is 1. The number of hydrogen-bond acceptors (Lipinski definition) is 5. The van der Waals surface area contributed by atoms with Gasteiger partial charge in [-0.1, -0.05) is 29.8 Å². The first-order valence-corrected chi connectivity index (χ1v) is 10.1. The van der Waals surface area contributed by atoms with Gasteiger partial charge in [0, 0.05) is 48.0 Å². The molecule has 3 heterocycles. The molecule has 9 heteroatoms. The van der Waals surface area contributed by atoms with Crippen molar-refractivity contribution >= 4 is 53.7 Å². The summed E-state index contributed by atoms with van der Waals surface area (Å²) in [5.41, 5.74) is 2.74. The van der Waals surface area contributed by atoms with E-state index in [-0.39, 0.29) is 43.2 Å². The van der Waals surface area contributed by atoms with Crippen molar-refractivity contribution in [2.45, 2.75) is 12.5 Å². The van der Waals surface area contributed by atoms with E-state index in [2.05, 4.69) is 15.3 Å². The van der Waals surface area contributed by atoms with Crippen LogP contribution in [0.1, 0.15) is 17.3 Å². The fourth-order valence-electron chi connectivity index (χ4n) is 3.29. The second kappa shape index (κ2) is 10.9. The van der Waals surface area contributed by atoms with Crippen molar-refractivity contribution in [3.05, 3.63) is 70.5 Å². The number of nitrogens with one attached hydrogen (secondary N) is 1. The molecule has 1 aliphatic heterocycles. The minimum Gasteiger partial charge on any atom is -0.333 e. The number of benzene rings is 1. The molecular formula is C20H21Cl3N4OS. The number of piperazine rings is 1. The second-order valence-corrected chi connectivity index (χ2v) is 7.66. The van der Waals surface area contributed by atoms with Crippen LogP contribution in [0.25, 0.3) is 10.6 Å². The molecule has 1 saturated heterocycles. The molecule has 0 spiro atoms. The summed E-state index contributed by atoms with van der Waals surface area (Å²) in [6.07, 6.45) is 3.81. The molecule has 5 nitrogen and oxygen atoms in total. The van der Waals surface area contributed by atoms with Gasteiger partial charge in [0.05, 0.1) is 18.2 Å². The first kappa shape index (κ1) is 23.6. The van der Waals surface area contributed by atoms with Crippen LogP contribution in [0.4, 0.5) is 0 Å². The molecular weight excluding hydrogens is 451 g/mol. The molecule has 0 radical (unpaired) electrons. The third-order valence-electron chi connectivity index (χ3n) is 4.62. The Bertz CT molecular complexity index is 938. The molecule has 0 aliphatic carbocycles. The second-order valence-electron chi connectivity index (χ2n) is 6.39. The van der Waals surface area contributed by atoms with Crippen LogP contribution in [-0.2, 0) is 11.2 Å². The van der Waals surface area contributed by atoms with Gasteiger partial charge in [-0.15, -0.1) is 36.2 Å². The van der Waals surface area contributed by atoms with Gasteiger partial charge in [-0.25, -0.2) is 4.98 Å². The summed E-state index contributed by atoms with van der Waals surface area (Å²) in [7, 11) is 0. The van der Waals surface area contributed by atoms with Crippen molar-refractivity contribution in [2.24, 2.45) is 0 Å². The largest absolute Gasteiger partial charge is 0.333 e. The third-order valence-corrected chi connectivity index (χ3v) is 5.90. The van der Waals surface area contributed by atoms with Crippen molar-refractivity contribution in [1.82, 2.24) is 20.2 Å². The summed E-state index contributed by atoms with van der Waals surface area (Å²) in [6, 6.07) is 11.5. The van der Waals surface area contributed by atoms with Crippen molar-refractivity contribution in [1.29, 1.82) is 0 Å². The molecule has 1 aromatic carbocycles. The number of halogens is 3. The van der Waals surface area contributed by atoms with Crippen LogP contribution in [0.15, 0.2) is 54.2 Å². The first-order valence-electron chi connectivity index (χ1n) is 8.82. The lowest BCUT2D eigenvalue weighted by Crippen LogP contribution is -2.49. The number of rotatable bonds is 4. The van der Waals surface area contributed by atoms with E-state index in [1.807, 2.05) is 46.7 Å². The predicted octanol–water partition coefficient (Wildman–Crippen LogP) is 4.42. The molecule has 154 valence electrons. The molecule has 29 heavy (non-hydrogen) atoms. The van der Waals surface area contributed by atoms with Crippen LogP contribution in [0.2, 0.25) is 5.02 Å². The number of aromatic nitrogens is 2. The van der Waals surface area contributed by atoms with Gasteiger partial charge in [-0.05, 0) is 23.8 Å². The van der Waals surface area contributed by atoms with Crippen LogP contribution in [-0.4, -0.2) is 40.4 Å². The van der Waals surface area contributed by atoms with E-state index in [1.54, 1.807) is 12.4 Å². The Morgan fingerprint density at radius 1 is 1.24 bits per heavy atom. The highest BCUT2D eigenvalue weighted by atomic mass is 35.5. The van der Waals surface area contributed by atoms with Crippen molar-refractivity contribution in [2.75, 3.05) is 19.6 Å². The van der Waals surface area contributed by atoms with Crippen LogP contribution in [0.5, 0.6) is 0 Å². The van der Waals surface area contributed by atoms with Gasteiger partial charge >= 0.3 is 0 Å². The summed E-state index contributed by atoms with van der Waals surface area (Å²) in [5, 5.41) is 6.89. The topological polar surface area (TPSA) is 58.1 Å². The number of carbonyl (C=O) groups excluding carboxylic acids is 1. The van der Waals surface area contributed by atoms with Crippen molar-refractivity contribution in [3.63, 3.8) is 0 Å². The molecule has 1 atom stereocenters. The Morgan fingerprint density at radius 3 is 2.83 bits per heavy atom. The molecule has 0 saturated carbocycles. The van der Waals surface area contributed by atoms with E-state index in [4.69, 9.17) is 11.6 Å². The molecule has 0 bridgehead atoms. The first-order chi connectivity index (χ1) is 13.2. The van der Waals surface area contributed by atoms with E-state index in [9.17, 15) is 4.79 Å². The number of carbonyl (C=O) groups is 1. The van der Waals surface area contributed by atoms with E-state index in [1.165, 1.54) is 11.3 Å². The maximum atomic E-state index is 13.0. The van der Waals surface area contributed by atoms with Gasteiger partial charge in [0.25, 0.3) is 0 Å². The number of pyridine rings is 1. The van der Waals surface area contributed by atoms with E-state index in [0.717, 1.165) is 28.4 Å². The Labute approximate surface area is 191 Å². The van der Waals surface area contributed by atoms with Crippen LogP contribution in [0.3, 0.4) is 0 Å². The summed E-state index contributed by atoms with van der Waals surface area (Å²) in [5.74, 6) is 0.0736. The lowest BCUT2D eigenvalue weighted by Gasteiger charge is -2.37. The molecule has 1 unspecified atom stereocenters. The Morgan fingerprint density at radius 2 is 2.07 bits per heavy atom. The fourth-order valence-corrected chi connectivity index (χ4v) is 4.36. The molecule has 1 N–H and O–H groups in total. The smallest absolute Gasteiger partial charge is 0.229 e. The van der Waals surface area contributed by atoms with Gasteiger partial charge in [-0.2, -0.15) is 0 Å². The summed E-state index contributed by atoms with van der Waals surface area (Å²) in [4.78, 5) is 23.7. The van der Waals surface area contributed by atoms with Crippen LogP contribution < -0.4 is 5.32 Å². The van der Waals surface area contributed by atoms with Crippen molar-refractivity contribution in [3.8, 4) is 10.6 Å². The van der Waals surface area contributed by atoms with Crippen LogP contribution >= 0.6 is 47.8 Å². The van der Waals surface area contributed by atoms with Gasteiger partial charge in [0.2, 0.25) is 5.91 Å². The average Bonchev–Trinajstić information content (AvgIpc) is 3.17. The number of nitrogens with zero attached hydrogens (tertiary/aromatic N) is 3. The molecule has 1 aliphatic rings. The fraction of sp³-hybridized carbons (Fsp3) is 0.250. The zero-order chi connectivity index (χ0) is 18.6. The Balaban J connectivity index is 0.00000150. The Hall–Kier alpha value is -1.70. The summed E-state index contributed by atoms with van der Waals surface area (Å²) >= 11 is 7.91. The summed E-state index contributed by atoms with van der Waals surface area (Å²) in [6.45, 7) is 2.15. The molecule has 3 aromatic rings. The maximum Gasteiger partial charge on any atom is 0.229 e. The SMILES string of the molecule is Cl.Cl.O=C(Cc1csc(-c2cccnc2)n1)N1CCNCC1c1ccccc1Cl. The van der Waals surface area contributed by atoms with Gasteiger partial charge in [0.15, 0.2) is 0 Å². The number of amides is 1. The monoisotopic (exact) mass is 470 g/mol. The minimum absolute atomic E-state index is 0. The Kier molecular flexibility index (Phi) is 8.86. The normalized spacial score (nSPS) is 15.9. The highest BCUT2D eigenvalue weighted by Crippen LogP contribution is 2.29. The zero-order valence-electron chi connectivity index (χ0n) is 15.5. The van der Waals surface area contributed by atoms with Gasteiger partial charge in [0.1, 0.15) is 5.01 Å². The maximum absolute atomic E-state index is 13.0. The van der Waals surface area contributed by atoms with Gasteiger partial charge in [-0.3, -0.25) is 9.78 Å².